The summed E-state index contributed by atoms with van der Waals surface area (Å²) in [6.45, 7) is 0. The van der Waals surface area contributed by atoms with Crippen LogP contribution in [0.15, 0.2) is 12.2 Å². The molecule has 0 aromatic heterocycles. The van der Waals surface area contributed by atoms with E-state index in [-0.39, 0.29) is 18.9 Å². The normalized spacial score (nSPS) is 30.4. The fraction of sp³-hybridized carbons (Fsp3) is 0.800. The second-order valence-corrected chi connectivity index (χ2v) is 4.19. The van der Waals surface area contributed by atoms with E-state index in [9.17, 15) is 13.2 Å². The van der Waals surface area contributed by atoms with Gasteiger partial charge in [0.15, 0.2) is 0 Å². The molecule has 2 aliphatic rings. The minimum absolute atomic E-state index is 0.0760. The molecule has 0 amide bonds. The van der Waals surface area contributed by atoms with Crippen molar-refractivity contribution in [3.8, 4) is 0 Å². The van der Waals surface area contributed by atoms with Crippen molar-refractivity contribution in [3.05, 3.63) is 12.2 Å². The highest BCUT2D eigenvalue weighted by atomic mass is 19.4. The number of hydrogen-bond acceptors (Lipinski definition) is 1. The first kappa shape index (κ1) is 10.0. The van der Waals surface area contributed by atoms with Crippen LogP contribution in [0.3, 0.4) is 0 Å². The van der Waals surface area contributed by atoms with E-state index in [0.717, 1.165) is 19.3 Å². The largest absolute Gasteiger partial charge is 0.406 e. The van der Waals surface area contributed by atoms with E-state index in [2.05, 4.69) is 5.32 Å². The molecule has 14 heavy (non-hydrogen) atoms. The Bertz CT molecular complexity index is 240. The summed E-state index contributed by atoms with van der Waals surface area (Å²) in [5.74, 6) is 0. The first-order valence-corrected chi connectivity index (χ1v) is 5.05. The monoisotopic (exact) mass is 205 g/mol. The van der Waals surface area contributed by atoms with E-state index in [0.29, 0.717) is 0 Å². The van der Waals surface area contributed by atoms with Gasteiger partial charge in [-0.05, 0) is 32.1 Å². The zero-order valence-electron chi connectivity index (χ0n) is 7.90. The van der Waals surface area contributed by atoms with E-state index < -0.39 is 11.7 Å². The van der Waals surface area contributed by atoms with Gasteiger partial charge in [0.25, 0.3) is 0 Å². The lowest BCUT2D eigenvalue weighted by Crippen LogP contribution is -2.49. The summed E-state index contributed by atoms with van der Waals surface area (Å²) in [4.78, 5) is 0. The third kappa shape index (κ3) is 1.80. The molecule has 4 heteroatoms. The molecule has 0 aromatic rings. The van der Waals surface area contributed by atoms with E-state index in [1.54, 1.807) is 0 Å². The molecule has 1 unspecified atom stereocenters. The van der Waals surface area contributed by atoms with Gasteiger partial charge in [-0.3, -0.25) is 5.32 Å². The van der Waals surface area contributed by atoms with Gasteiger partial charge < -0.3 is 0 Å². The summed E-state index contributed by atoms with van der Waals surface area (Å²) in [7, 11) is 0. The van der Waals surface area contributed by atoms with Gasteiger partial charge in [-0.2, -0.15) is 13.2 Å². The van der Waals surface area contributed by atoms with Gasteiger partial charge in [0.2, 0.25) is 0 Å². The summed E-state index contributed by atoms with van der Waals surface area (Å²) >= 11 is 0. The second kappa shape index (κ2) is 3.26. The van der Waals surface area contributed by atoms with Crippen LogP contribution < -0.4 is 5.32 Å². The number of allylic oxidation sites excluding steroid dienone is 1. The lowest BCUT2D eigenvalue weighted by atomic mass is 10.0. The summed E-state index contributed by atoms with van der Waals surface area (Å²) in [6.07, 6.45) is 3.04. The van der Waals surface area contributed by atoms with E-state index in [1.165, 1.54) is 0 Å². The number of alkyl halides is 3. The van der Waals surface area contributed by atoms with Crippen LogP contribution in [0.5, 0.6) is 0 Å². The molecular formula is C10H14F3N. The van der Waals surface area contributed by atoms with Gasteiger partial charge >= 0.3 is 6.18 Å². The van der Waals surface area contributed by atoms with Crippen molar-refractivity contribution >= 4 is 0 Å². The number of halogens is 3. The fourth-order valence-corrected chi connectivity index (χ4v) is 1.92. The van der Waals surface area contributed by atoms with Gasteiger partial charge in [-0.1, -0.05) is 12.2 Å². The first-order valence-electron chi connectivity index (χ1n) is 5.05. The average Bonchev–Trinajstić information content (AvgIpc) is 2.86. The average molecular weight is 205 g/mol. The number of nitrogens with one attached hydrogen (secondary N) is 1. The Labute approximate surface area is 81.4 Å². The maximum Gasteiger partial charge on any atom is 0.406 e. The Hall–Kier alpha value is -0.510. The molecule has 0 aromatic carbocycles. The molecule has 0 saturated heterocycles. The number of hydrogen-bond donors (Lipinski definition) is 1. The topological polar surface area (TPSA) is 12.0 Å². The molecule has 0 spiro atoms. The Morgan fingerprint density at radius 2 is 2.00 bits per heavy atom. The molecule has 1 atom stereocenters. The minimum Gasteiger partial charge on any atom is -0.297 e. The van der Waals surface area contributed by atoms with Crippen LogP contribution in [0.1, 0.15) is 32.1 Å². The molecular weight excluding hydrogens is 191 g/mol. The van der Waals surface area contributed by atoms with Crippen molar-refractivity contribution < 1.29 is 13.2 Å². The molecule has 1 fully saturated rings. The predicted octanol–water partition coefficient (Wildman–Crippen LogP) is 2.78. The van der Waals surface area contributed by atoms with Gasteiger partial charge in [0.05, 0.1) is 0 Å². The first-order chi connectivity index (χ1) is 6.54. The quantitative estimate of drug-likeness (QED) is 0.683. The van der Waals surface area contributed by atoms with Gasteiger partial charge in [0, 0.05) is 6.04 Å². The van der Waals surface area contributed by atoms with Crippen molar-refractivity contribution in [3.63, 3.8) is 0 Å². The zero-order chi connectivity index (χ0) is 10.2. The molecule has 2 aliphatic carbocycles. The third-order valence-electron chi connectivity index (χ3n) is 3.01. The Morgan fingerprint density at radius 3 is 2.43 bits per heavy atom. The molecule has 0 heterocycles. The SMILES string of the molecule is FC(F)(F)C1(NC2C=CCCC2)CC1. The van der Waals surface area contributed by atoms with Crippen molar-refractivity contribution in [1.82, 2.24) is 5.32 Å². The zero-order valence-corrected chi connectivity index (χ0v) is 7.90. The lowest BCUT2D eigenvalue weighted by Gasteiger charge is -2.27. The van der Waals surface area contributed by atoms with Crippen molar-refractivity contribution in [2.75, 3.05) is 0 Å². The summed E-state index contributed by atoms with van der Waals surface area (Å²) in [5.41, 5.74) is -1.56. The molecule has 0 aliphatic heterocycles. The van der Waals surface area contributed by atoms with Crippen molar-refractivity contribution in [2.45, 2.75) is 49.9 Å². The molecule has 1 nitrogen and oxygen atoms in total. The van der Waals surface area contributed by atoms with E-state index >= 15 is 0 Å². The molecule has 0 radical (unpaired) electrons. The van der Waals surface area contributed by atoms with Crippen LogP contribution >= 0.6 is 0 Å². The minimum atomic E-state index is -4.09. The Kier molecular flexibility index (Phi) is 2.33. The van der Waals surface area contributed by atoms with Gasteiger partial charge in [0.1, 0.15) is 5.54 Å². The van der Waals surface area contributed by atoms with E-state index in [1.807, 2.05) is 12.2 Å². The van der Waals surface area contributed by atoms with E-state index in [4.69, 9.17) is 0 Å². The third-order valence-corrected chi connectivity index (χ3v) is 3.01. The van der Waals surface area contributed by atoms with Crippen molar-refractivity contribution in [1.29, 1.82) is 0 Å². The van der Waals surface area contributed by atoms with Crippen LogP contribution in [0.25, 0.3) is 0 Å². The molecule has 1 saturated carbocycles. The second-order valence-electron chi connectivity index (χ2n) is 4.19. The van der Waals surface area contributed by atoms with Crippen LogP contribution in [0.2, 0.25) is 0 Å². The Morgan fingerprint density at radius 1 is 1.29 bits per heavy atom. The van der Waals surface area contributed by atoms with Crippen molar-refractivity contribution in [2.24, 2.45) is 0 Å². The highest BCUT2D eigenvalue weighted by Crippen LogP contribution is 2.49. The fourth-order valence-electron chi connectivity index (χ4n) is 1.92. The molecule has 2 rings (SSSR count). The molecule has 1 N–H and O–H groups in total. The highest BCUT2D eigenvalue weighted by Gasteiger charge is 2.63. The predicted molar refractivity (Wildman–Crippen MR) is 47.9 cm³/mol. The smallest absolute Gasteiger partial charge is 0.297 e. The molecule has 80 valence electrons. The maximum absolute atomic E-state index is 12.6. The summed E-state index contributed by atoms with van der Waals surface area (Å²) in [5, 5.41) is 2.73. The van der Waals surface area contributed by atoms with Gasteiger partial charge in [-0.25, -0.2) is 0 Å². The van der Waals surface area contributed by atoms with Crippen LogP contribution in [-0.2, 0) is 0 Å². The highest BCUT2D eigenvalue weighted by molar-refractivity contribution is 5.12. The van der Waals surface area contributed by atoms with Crippen LogP contribution in [0, 0.1) is 0 Å². The summed E-state index contributed by atoms with van der Waals surface area (Å²) in [6, 6.07) is -0.0760. The maximum atomic E-state index is 12.6. The standard InChI is InChI=1S/C10H14F3N/c11-10(12,13)9(6-7-9)14-8-4-2-1-3-5-8/h2,4,8,14H,1,3,5-7H2. The van der Waals surface area contributed by atoms with Gasteiger partial charge in [-0.15, -0.1) is 0 Å². The summed E-state index contributed by atoms with van der Waals surface area (Å²) < 4.78 is 37.7. The Balaban J connectivity index is 1.97. The molecule has 0 bridgehead atoms. The van der Waals surface area contributed by atoms with Crippen LogP contribution in [-0.4, -0.2) is 17.8 Å². The number of rotatable bonds is 2. The van der Waals surface area contributed by atoms with Crippen LogP contribution in [0.4, 0.5) is 13.2 Å². The lowest BCUT2D eigenvalue weighted by molar-refractivity contribution is -0.167.